The van der Waals surface area contributed by atoms with Crippen LogP contribution in [0, 0.1) is 5.41 Å². The van der Waals surface area contributed by atoms with E-state index in [4.69, 9.17) is 14.2 Å². The van der Waals surface area contributed by atoms with Gasteiger partial charge in [-0.1, -0.05) is 64.3 Å². The number of alkyl carbamates (subject to hydrolysis) is 1. The highest BCUT2D eigenvalue weighted by Gasteiger charge is 2.36. The zero-order valence-corrected chi connectivity index (χ0v) is 33.8. The molecule has 2 unspecified atom stereocenters. The molecule has 3 N–H and O–H groups in total. The molecule has 0 aliphatic heterocycles. The molecule has 0 radical (unpaired) electrons. The number of aromatic nitrogens is 1. The monoisotopic (exact) mass is 754 g/mol. The first kappa shape index (κ1) is 44.5. The number of carbonyl (C=O) groups is 6. The Morgan fingerprint density at radius 3 is 2.28 bits per heavy atom. The fourth-order valence-electron chi connectivity index (χ4n) is 3.82. The van der Waals surface area contributed by atoms with Crippen molar-refractivity contribution in [1.29, 1.82) is 0 Å². The van der Waals surface area contributed by atoms with Gasteiger partial charge in [0.1, 0.15) is 34.1 Å². The van der Waals surface area contributed by atoms with E-state index in [0.29, 0.717) is 17.2 Å². The number of hydrogen-bond donors (Lipinski definition) is 3. The van der Waals surface area contributed by atoms with Crippen LogP contribution in [0.2, 0.25) is 25.7 Å². The van der Waals surface area contributed by atoms with Crippen LogP contribution in [0.5, 0.6) is 0 Å². The largest absolute Gasteiger partial charge is 0.466 e. The van der Waals surface area contributed by atoms with Crippen molar-refractivity contribution in [3.63, 3.8) is 0 Å². The smallest absolute Gasteiger partial charge is 0.408 e. The highest BCUT2D eigenvalue weighted by Crippen LogP contribution is 2.22. The third kappa shape index (κ3) is 19.0. The summed E-state index contributed by atoms with van der Waals surface area (Å²) in [7, 11) is -1.44. The summed E-state index contributed by atoms with van der Waals surface area (Å²) in [6.45, 7) is 20.3. The lowest BCUT2D eigenvalue weighted by atomic mass is 9.86. The number of nitrogens with one attached hydrogen (secondary N) is 3. The molecule has 0 saturated heterocycles. The van der Waals surface area contributed by atoms with Crippen molar-refractivity contribution in [3.05, 3.63) is 40.0 Å². The van der Waals surface area contributed by atoms with Gasteiger partial charge < -0.3 is 30.2 Å². The van der Waals surface area contributed by atoms with Crippen LogP contribution in [-0.4, -0.2) is 78.1 Å². The molecule has 1 rings (SSSR count). The molecule has 3 amide bonds. The molecule has 0 aliphatic carbocycles. The molecule has 16 heteroatoms. The molecule has 1 aromatic heterocycles. The molecule has 2 atom stereocenters. The Bertz CT molecular complexity index is 1410. The van der Waals surface area contributed by atoms with E-state index in [1.54, 1.807) is 60.6 Å². The van der Waals surface area contributed by atoms with E-state index in [1.807, 2.05) is 0 Å². The molecular formula is C34H54N4O9S2Si. The molecule has 0 aliphatic rings. The zero-order chi connectivity index (χ0) is 38.3. The number of carbonyl (C=O) groups excluding carboxylic acids is 6. The molecular weight excluding hydrogens is 701 g/mol. The van der Waals surface area contributed by atoms with Gasteiger partial charge in [0, 0.05) is 26.1 Å². The predicted molar refractivity (Wildman–Crippen MR) is 198 cm³/mol. The number of esters is 2. The van der Waals surface area contributed by atoms with Crippen LogP contribution >= 0.6 is 23.1 Å². The predicted octanol–water partition coefficient (Wildman–Crippen LogP) is 5.74. The Morgan fingerprint density at radius 1 is 1.06 bits per heavy atom. The van der Waals surface area contributed by atoms with Crippen LogP contribution in [-0.2, 0) is 39.9 Å². The van der Waals surface area contributed by atoms with Crippen molar-refractivity contribution < 1.29 is 43.0 Å². The van der Waals surface area contributed by atoms with Gasteiger partial charge in [-0.2, -0.15) is 0 Å². The molecule has 280 valence electrons. The quantitative estimate of drug-likeness (QED) is 0.0441. The van der Waals surface area contributed by atoms with Gasteiger partial charge >= 0.3 is 18.0 Å². The van der Waals surface area contributed by atoms with Crippen molar-refractivity contribution in [2.75, 3.05) is 12.4 Å². The lowest BCUT2D eigenvalue weighted by molar-refractivity contribution is -0.157. The molecule has 1 heterocycles. The number of hydrogen-bond acceptors (Lipinski definition) is 12. The lowest BCUT2D eigenvalue weighted by Gasteiger charge is -2.31. The molecule has 50 heavy (non-hydrogen) atoms. The standard InChI is InChI=1S/C34H54N4O9S2Si/c1-12-24(37-30(42)25-21-49-26(36-25)20-35-32(44)47-34(6,7)8)29(41)38-28(33(3,4)5)31(43)46-23(15-13-14-17-48-22(2)39)19-27(40)45-16-18-50(9,10)11/h12-13,15,21,23,28H,14,16-20H2,1-11H3,(H,35,44)(H,37,42)(H,38,41). The average Bonchev–Trinajstić information content (AvgIpc) is 3.44. The van der Waals surface area contributed by atoms with E-state index in [-0.39, 0.29) is 36.1 Å². The summed E-state index contributed by atoms with van der Waals surface area (Å²) in [5, 5.41) is 9.69. The van der Waals surface area contributed by atoms with Gasteiger partial charge in [0.2, 0.25) is 0 Å². The first-order chi connectivity index (χ1) is 23.0. The lowest BCUT2D eigenvalue weighted by Crippen LogP contribution is -2.52. The summed E-state index contributed by atoms with van der Waals surface area (Å²) in [6, 6.07) is -0.378. The molecule has 1 aromatic rings. The summed E-state index contributed by atoms with van der Waals surface area (Å²) in [5.41, 5.74) is -1.59. The van der Waals surface area contributed by atoms with Crippen LogP contribution in [0.3, 0.4) is 0 Å². The van der Waals surface area contributed by atoms with E-state index < -0.39 is 61.1 Å². The number of allylic oxidation sites excluding steroid dienone is 2. The Balaban J connectivity index is 3.00. The van der Waals surface area contributed by atoms with Crippen molar-refractivity contribution in [3.8, 4) is 0 Å². The van der Waals surface area contributed by atoms with Crippen molar-refractivity contribution in [1.82, 2.24) is 20.9 Å². The normalized spacial score (nSPS) is 13.6. The van der Waals surface area contributed by atoms with E-state index in [2.05, 4.69) is 40.6 Å². The zero-order valence-electron chi connectivity index (χ0n) is 31.1. The second-order valence-electron chi connectivity index (χ2n) is 14.7. The van der Waals surface area contributed by atoms with Crippen LogP contribution in [0.1, 0.15) is 83.7 Å². The van der Waals surface area contributed by atoms with Gasteiger partial charge in [-0.3, -0.25) is 19.2 Å². The van der Waals surface area contributed by atoms with Gasteiger partial charge in [0.05, 0.1) is 19.6 Å². The topological polar surface area (TPSA) is 179 Å². The fourth-order valence-corrected chi connectivity index (χ4v) is 5.79. The van der Waals surface area contributed by atoms with Gasteiger partial charge in [-0.15, -0.1) is 11.3 Å². The summed E-state index contributed by atoms with van der Waals surface area (Å²) < 4.78 is 16.4. The van der Waals surface area contributed by atoms with E-state index >= 15 is 0 Å². The Hall–Kier alpha value is -3.50. The first-order valence-electron chi connectivity index (χ1n) is 16.4. The highest BCUT2D eigenvalue weighted by molar-refractivity contribution is 8.13. The number of thioether (sulfide) groups is 1. The van der Waals surface area contributed by atoms with E-state index in [9.17, 15) is 28.8 Å². The Kier molecular flexibility index (Phi) is 18.1. The van der Waals surface area contributed by atoms with Crippen LogP contribution in [0.15, 0.2) is 29.3 Å². The van der Waals surface area contributed by atoms with E-state index in [1.165, 1.54) is 18.4 Å². The van der Waals surface area contributed by atoms with Gasteiger partial charge in [-0.25, -0.2) is 14.6 Å². The third-order valence-electron chi connectivity index (χ3n) is 6.42. The van der Waals surface area contributed by atoms with Crippen molar-refractivity contribution >= 4 is 66.1 Å². The highest BCUT2D eigenvalue weighted by atomic mass is 32.2. The van der Waals surface area contributed by atoms with Crippen LogP contribution < -0.4 is 16.0 Å². The minimum atomic E-state index is -1.44. The minimum absolute atomic E-state index is 0.0169. The maximum atomic E-state index is 13.6. The third-order valence-corrected chi connectivity index (χ3v) is 9.82. The first-order valence-corrected chi connectivity index (χ1v) is 21.9. The van der Waals surface area contributed by atoms with Crippen LogP contribution in [0.25, 0.3) is 0 Å². The van der Waals surface area contributed by atoms with Gasteiger partial charge in [-0.05, 0) is 51.7 Å². The average molecular weight is 755 g/mol. The van der Waals surface area contributed by atoms with Crippen LogP contribution in [0.4, 0.5) is 4.79 Å². The van der Waals surface area contributed by atoms with Crippen molar-refractivity contribution in [2.24, 2.45) is 5.41 Å². The summed E-state index contributed by atoms with van der Waals surface area (Å²) in [6.07, 6.45) is 3.39. The molecule has 0 aromatic carbocycles. The summed E-state index contributed by atoms with van der Waals surface area (Å²) >= 11 is 2.31. The van der Waals surface area contributed by atoms with Crippen molar-refractivity contribution in [2.45, 2.75) is 118 Å². The minimum Gasteiger partial charge on any atom is -0.466 e. The summed E-state index contributed by atoms with van der Waals surface area (Å²) in [5.74, 6) is -2.18. The Morgan fingerprint density at radius 2 is 1.72 bits per heavy atom. The molecule has 0 spiro atoms. The van der Waals surface area contributed by atoms with E-state index in [0.717, 1.165) is 29.1 Å². The molecule has 13 nitrogen and oxygen atoms in total. The fraction of sp³-hybridized carbons (Fsp3) is 0.618. The molecule has 0 bridgehead atoms. The van der Waals surface area contributed by atoms with Gasteiger partial charge in [0.25, 0.3) is 11.8 Å². The number of nitrogens with zero attached hydrogens (tertiary/aromatic N) is 1. The molecule has 0 fully saturated rings. The van der Waals surface area contributed by atoms with Gasteiger partial charge in [0.15, 0.2) is 5.12 Å². The molecule has 0 saturated carbocycles. The number of thiazole rings is 1. The maximum absolute atomic E-state index is 13.6. The maximum Gasteiger partial charge on any atom is 0.408 e. The number of rotatable bonds is 17. The Labute approximate surface area is 305 Å². The number of amides is 3. The second-order valence-corrected chi connectivity index (χ2v) is 22.5. The SMILES string of the molecule is CC=C(NC(=O)c1csc(CNC(=O)OC(C)(C)C)n1)C(=O)NC(C(=O)OC(C=CCCSC(C)=O)CC(=O)OCC[Si](C)(C)C)C(C)(C)C. The number of ether oxygens (including phenoxy) is 3. The second kappa shape index (κ2) is 20.4. The summed E-state index contributed by atoms with van der Waals surface area (Å²) in [4.78, 5) is 80.0.